The van der Waals surface area contributed by atoms with Crippen molar-refractivity contribution in [2.45, 2.75) is 70.9 Å². The van der Waals surface area contributed by atoms with Crippen LogP contribution in [0, 0.1) is 5.92 Å². The molecular weight excluding hydrogens is 386 g/mol. The lowest BCUT2D eigenvalue weighted by Gasteiger charge is -2.25. The molecule has 1 unspecified atom stereocenters. The number of hydrogen-bond acceptors (Lipinski definition) is 5. The Morgan fingerprint density at radius 2 is 2.10 bits per heavy atom. The summed E-state index contributed by atoms with van der Waals surface area (Å²) >= 11 is 6.66. The second kappa shape index (κ2) is 9.19. The van der Waals surface area contributed by atoms with Crippen LogP contribution in [-0.4, -0.2) is 45.5 Å². The lowest BCUT2D eigenvalue weighted by Crippen LogP contribution is -2.40. The highest BCUT2D eigenvalue weighted by Crippen LogP contribution is 2.41. The van der Waals surface area contributed by atoms with Gasteiger partial charge in [0.15, 0.2) is 0 Å². The van der Waals surface area contributed by atoms with Crippen molar-refractivity contribution in [2.24, 2.45) is 13.0 Å². The second-order valence-corrected chi connectivity index (χ2v) is 9.55. The van der Waals surface area contributed by atoms with Gasteiger partial charge in [0, 0.05) is 43.7 Å². The summed E-state index contributed by atoms with van der Waals surface area (Å²) in [7, 11) is 1.90. The number of nitrogens with one attached hydrogen (secondary N) is 1. The number of rotatable bonds is 8. The Morgan fingerprint density at radius 3 is 2.86 bits per heavy atom. The van der Waals surface area contributed by atoms with E-state index < -0.39 is 0 Å². The van der Waals surface area contributed by atoms with E-state index >= 15 is 0 Å². The summed E-state index contributed by atoms with van der Waals surface area (Å²) in [6.07, 6.45) is 7.37. The third kappa shape index (κ3) is 5.22. The van der Waals surface area contributed by atoms with Crippen LogP contribution in [0.1, 0.15) is 69.6 Å². The third-order valence-corrected chi connectivity index (χ3v) is 6.58. The molecule has 0 bridgehead atoms. The Morgan fingerprint density at radius 1 is 1.28 bits per heavy atom. The van der Waals surface area contributed by atoms with Gasteiger partial charge in [0.2, 0.25) is 0 Å². The minimum Gasteiger partial charge on any atom is -0.360 e. The lowest BCUT2D eigenvalue weighted by molar-refractivity contribution is 0.250. The third-order valence-electron chi connectivity index (χ3n) is 6.11. The first-order valence-corrected chi connectivity index (χ1v) is 11.5. The van der Waals surface area contributed by atoms with Gasteiger partial charge in [0.1, 0.15) is 22.3 Å². The molecule has 1 saturated heterocycles. The van der Waals surface area contributed by atoms with Crippen molar-refractivity contribution in [2.75, 3.05) is 19.6 Å². The van der Waals surface area contributed by atoms with Gasteiger partial charge in [0.05, 0.1) is 0 Å². The van der Waals surface area contributed by atoms with Gasteiger partial charge in [-0.15, -0.1) is 0 Å². The zero-order chi connectivity index (χ0) is 20.4. The van der Waals surface area contributed by atoms with Crippen LogP contribution in [0.15, 0.2) is 10.6 Å². The molecule has 2 aliphatic rings. The van der Waals surface area contributed by atoms with Crippen LogP contribution in [0.5, 0.6) is 0 Å². The van der Waals surface area contributed by atoms with Gasteiger partial charge < -0.3 is 9.84 Å². The molecule has 1 saturated carbocycles. The maximum absolute atomic E-state index is 6.66. The Balaban J connectivity index is 1.47. The highest BCUT2D eigenvalue weighted by molar-refractivity contribution is 6.30. The smallest absolute Gasteiger partial charge is 0.140 e. The van der Waals surface area contributed by atoms with Gasteiger partial charge in [-0.1, -0.05) is 37.0 Å². The largest absolute Gasteiger partial charge is 0.360 e. The van der Waals surface area contributed by atoms with Crippen molar-refractivity contribution in [3.8, 4) is 11.4 Å². The van der Waals surface area contributed by atoms with Crippen LogP contribution in [0.2, 0.25) is 5.15 Å². The van der Waals surface area contributed by atoms with Crippen molar-refractivity contribution in [1.29, 1.82) is 0 Å². The summed E-state index contributed by atoms with van der Waals surface area (Å²) in [4.78, 5) is 2.52. The van der Waals surface area contributed by atoms with Gasteiger partial charge >= 0.3 is 0 Å². The minimum absolute atomic E-state index is 0.544. The van der Waals surface area contributed by atoms with E-state index in [0.717, 1.165) is 54.8 Å². The standard InChI is InChI=1S/C22H34ClN5O/c1-15(2)9-10-24-17-6-4-5-11-28(13-17)14-18-21(25-27(3)22(18)23)19-12-20(29-26-19)16-7-8-16/h12,15-17,24H,4-11,13-14H2,1-3H3. The highest BCUT2D eigenvalue weighted by atomic mass is 35.5. The molecule has 1 N–H and O–H groups in total. The van der Waals surface area contributed by atoms with Gasteiger partial charge in [-0.05, 0) is 51.1 Å². The number of aryl methyl sites for hydroxylation is 1. The van der Waals surface area contributed by atoms with Crippen LogP contribution in [-0.2, 0) is 13.6 Å². The molecule has 7 heteroatoms. The topological polar surface area (TPSA) is 59.1 Å². The van der Waals surface area contributed by atoms with Crippen LogP contribution in [0.4, 0.5) is 0 Å². The van der Waals surface area contributed by atoms with Crippen LogP contribution < -0.4 is 5.32 Å². The predicted octanol–water partition coefficient (Wildman–Crippen LogP) is 4.60. The molecule has 0 aromatic carbocycles. The fourth-order valence-electron chi connectivity index (χ4n) is 4.18. The number of likely N-dealkylation sites (tertiary alicyclic amines) is 1. The number of aromatic nitrogens is 3. The Labute approximate surface area is 179 Å². The zero-order valence-corrected chi connectivity index (χ0v) is 18.7. The van der Waals surface area contributed by atoms with Crippen LogP contribution in [0.25, 0.3) is 11.4 Å². The Bertz CT molecular complexity index is 810. The average molecular weight is 420 g/mol. The Hall–Kier alpha value is -1.37. The average Bonchev–Trinajstić information content (AvgIpc) is 3.41. The molecule has 1 aliphatic carbocycles. The van der Waals surface area contributed by atoms with Gasteiger partial charge in [0.25, 0.3) is 0 Å². The first-order valence-electron chi connectivity index (χ1n) is 11.2. The number of hydrogen-bond donors (Lipinski definition) is 1. The molecule has 2 aromatic rings. The van der Waals surface area contributed by atoms with Crippen molar-refractivity contribution < 1.29 is 4.52 Å². The summed E-state index contributed by atoms with van der Waals surface area (Å²) in [5, 5.41) is 13.4. The van der Waals surface area contributed by atoms with E-state index in [9.17, 15) is 0 Å². The molecule has 6 nitrogen and oxygen atoms in total. The normalized spacial score (nSPS) is 21.1. The molecule has 1 atom stereocenters. The fraction of sp³-hybridized carbons (Fsp3) is 0.727. The first kappa shape index (κ1) is 20.9. The van der Waals surface area contributed by atoms with E-state index in [0.29, 0.717) is 17.1 Å². The van der Waals surface area contributed by atoms with Crippen molar-refractivity contribution in [1.82, 2.24) is 25.2 Å². The first-order chi connectivity index (χ1) is 14.0. The van der Waals surface area contributed by atoms with E-state index in [1.807, 2.05) is 7.05 Å². The Kier molecular flexibility index (Phi) is 6.62. The highest BCUT2D eigenvalue weighted by Gasteiger charge is 2.30. The van der Waals surface area contributed by atoms with Crippen LogP contribution in [0.3, 0.4) is 0 Å². The van der Waals surface area contributed by atoms with E-state index in [1.54, 1.807) is 4.68 Å². The summed E-state index contributed by atoms with van der Waals surface area (Å²) in [6, 6.07) is 2.60. The van der Waals surface area contributed by atoms with Crippen molar-refractivity contribution in [3.63, 3.8) is 0 Å². The van der Waals surface area contributed by atoms with E-state index in [-0.39, 0.29) is 0 Å². The fourth-order valence-corrected chi connectivity index (χ4v) is 4.37. The summed E-state index contributed by atoms with van der Waals surface area (Å²) < 4.78 is 7.33. The number of halogens is 1. The van der Waals surface area contributed by atoms with Crippen LogP contribution >= 0.6 is 11.6 Å². The van der Waals surface area contributed by atoms with E-state index in [1.165, 1.54) is 38.5 Å². The zero-order valence-electron chi connectivity index (χ0n) is 18.0. The monoisotopic (exact) mass is 419 g/mol. The molecular formula is C22H34ClN5O. The minimum atomic E-state index is 0.544. The maximum atomic E-state index is 6.66. The molecule has 160 valence electrons. The van der Waals surface area contributed by atoms with E-state index in [4.69, 9.17) is 16.1 Å². The predicted molar refractivity (Wildman–Crippen MR) is 116 cm³/mol. The molecule has 0 amide bonds. The molecule has 0 spiro atoms. The second-order valence-electron chi connectivity index (χ2n) is 9.19. The molecule has 3 heterocycles. The molecule has 2 aromatic heterocycles. The summed E-state index contributed by atoms with van der Waals surface area (Å²) in [6.45, 7) is 8.61. The molecule has 29 heavy (non-hydrogen) atoms. The lowest BCUT2D eigenvalue weighted by atomic mass is 10.1. The molecule has 2 fully saturated rings. The van der Waals surface area contributed by atoms with Crippen molar-refractivity contribution >= 4 is 11.6 Å². The summed E-state index contributed by atoms with van der Waals surface area (Å²) in [5.41, 5.74) is 2.74. The van der Waals surface area contributed by atoms with Gasteiger partial charge in [-0.3, -0.25) is 9.58 Å². The van der Waals surface area contributed by atoms with Crippen molar-refractivity contribution in [3.05, 3.63) is 22.5 Å². The quantitative estimate of drug-likeness (QED) is 0.677. The summed E-state index contributed by atoms with van der Waals surface area (Å²) in [5.74, 6) is 2.27. The molecule has 4 rings (SSSR count). The molecule has 0 radical (unpaired) electrons. The van der Waals surface area contributed by atoms with Gasteiger partial charge in [-0.2, -0.15) is 5.10 Å². The van der Waals surface area contributed by atoms with Gasteiger partial charge in [-0.25, -0.2) is 0 Å². The number of nitrogens with zero attached hydrogens (tertiary/aromatic N) is 4. The SMILES string of the molecule is CC(C)CCNC1CCCCN(Cc2c(-c3cc(C4CC4)on3)nn(C)c2Cl)C1. The molecule has 1 aliphatic heterocycles. The maximum Gasteiger partial charge on any atom is 0.140 e. The van der Waals surface area contributed by atoms with E-state index in [2.05, 4.69) is 40.4 Å².